The highest BCUT2D eigenvalue weighted by Crippen LogP contribution is 2.12. The Morgan fingerprint density at radius 1 is 1.75 bits per heavy atom. The van der Waals surface area contributed by atoms with Crippen LogP contribution in [0, 0.1) is 0 Å². The van der Waals surface area contributed by atoms with Gasteiger partial charge in [-0.3, -0.25) is 4.79 Å². The molecule has 66 valence electrons. The highest BCUT2D eigenvalue weighted by Gasteiger charge is 2.08. The summed E-state index contributed by atoms with van der Waals surface area (Å²) in [6.07, 6.45) is 1.70. The van der Waals surface area contributed by atoms with Crippen LogP contribution >= 0.6 is 11.6 Å². The van der Waals surface area contributed by atoms with Gasteiger partial charge in [0.2, 0.25) is 0 Å². The van der Waals surface area contributed by atoms with Crippen LogP contribution < -0.4 is 5.32 Å². The predicted octanol–water partition coefficient (Wildman–Crippen LogP) is 1.43. The van der Waals surface area contributed by atoms with E-state index in [0.717, 1.165) is 0 Å². The molecule has 0 aromatic carbocycles. The highest BCUT2D eigenvalue weighted by molar-refractivity contribution is 6.31. The molecule has 1 N–H and O–H groups in total. The number of rotatable bonds is 2. The van der Waals surface area contributed by atoms with E-state index in [4.69, 9.17) is 11.6 Å². The predicted molar refractivity (Wildman–Crippen MR) is 48.4 cm³/mol. The summed E-state index contributed by atoms with van der Waals surface area (Å²) in [5, 5.41) is 3.28. The number of amides is 1. The smallest absolute Gasteiger partial charge is 0.267 e. The molecule has 0 atom stereocenters. The number of hydrogen-bond donors (Lipinski definition) is 1. The lowest BCUT2D eigenvalue weighted by Crippen LogP contribution is -2.24. The standard InChI is InChI=1S/C8H11ClN2O/c1-3-10-8(12)7-4-6(9)5-11(7)2/h4-5H,3H2,1-2H3,(H,10,12). The van der Waals surface area contributed by atoms with Gasteiger partial charge in [-0.2, -0.15) is 0 Å². The number of aryl methyl sites for hydroxylation is 1. The van der Waals surface area contributed by atoms with E-state index < -0.39 is 0 Å². The molecule has 0 saturated carbocycles. The number of carbonyl (C=O) groups is 1. The molecule has 0 spiro atoms. The number of hydrogen-bond acceptors (Lipinski definition) is 1. The maximum absolute atomic E-state index is 11.3. The zero-order valence-corrected chi connectivity index (χ0v) is 7.85. The summed E-state index contributed by atoms with van der Waals surface area (Å²) < 4.78 is 1.70. The first kappa shape index (κ1) is 9.13. The Balaban J connectivity index is 2.87. The maximum atomic E-state index is 11.3. The lowest BCUT2D eigenvalue weighted by molar-refractivity contribution is 0.0948. The molecule has 4 heteroatoms. The first-order chi connectivity index (χ1) is 5.65. The Bertz CT molecular complexity index is 293. The fourth-order valence-corrected chi connectivity index (χ4v) is 1.25. The molecule has 0 fully saturated rings. The SMILES string of the molecule is CCNC(=O)c1cc(Cl)cn1C. The molecular weight excluding hydrogens is 176 g/mol. The van der Waals surface area contributed by atoms with Crippen LogP contribution in [0.1, 0.15) is 17.4 Å². The van der Waals surface area contributed by atoms with Crippen LogP contribution in [0.4, 0.5) is 0 Å². The van der Waals surface area contributed by atoms with Gasteiger partial charge in [-0.25, -0.2) is 0 Å². The highest BCUT2D eigenvalue weighted by atomic mass is 35.5. The van der Waals surface area contributed by atoms with Gasteiger partial charge in [-0.05, 0) is 13.0 Å². The summed E-state index contributed by atoms with van der Waals surface area (Å²) in [5.74, 6) is -0.0908. The van der Waals surface area contributed by atoms with Gasteiger partial charge in [0.1, 0.15) is 5.69 Å². The zero-order chi connectivity index (χ0) is 9.14. The molecule has 0 aliphatic heterocycles. The van der Waals surface area contributed by atoms with Gasteiger partial charge in [0.25, 0.3) is 5.91 Å². The average Bonchev–Trinajstić information content (AvgIpc) is 2.30. The normalized spacial score (nSPS) is 9.92. The Kier molecular flexibility index (Phi) is 2.76. The summed E-state index contributed by atoms with van der Waals surface area (Å²) >= 11 is 5.71. The van der Waals surface area contributed by atoms with Gasteiger partial charge in [0.15, 0.2) is 0 Å². The molecule has 0 aliphatic carbocycles. The first-order valence-corrected chi connectivity index (χ1v) is 4.13. The summed E-state index contributed by atoms with van der Waals surface area (Å²) in [6.45, 7) is 2.50. The molecule has 0 unspecified atom stereocenters. The number of aromatic nitrogens is 1. The fraction of sp³-hybridized carbons (Fsp3) is 0.375. The second-order valence-electron chi connectivity index (χ2n) is 2.51. The van der Waals surface area contributed by atoms with E-state index in [1.54, 1.807) is 23.9 Å². The van der Waals surface area contributed by atoms with Crippen molar-refractivity contribution >= 4 is 17.5 Å². The summed E-state index contributed by atoms with van der Waals surface area (Å²) in [5.41, 5.74) is 0.585. The van der Waals surface area contributed by atoms with Crippen molar-refractivity contribution in [2.75, 3.05) is 6.54 Å². The second-order valence-corrected chi connectivity index (χ2v) is 2.95. The van der Waals surface area contributed by atoms with Crippen LogP contribution in [0.15, 0.2) is 12.3 Å². The molecule has 1 aromatic rings. The van der Waals surface area contributed by atoms with Crippen LogP contribution in [-0.2, 0) is 7.05 Å². The Morgan fingerprint density at radius 3 is 2.83 bits per heavy atom. The number of nitrogens with zero attached hydrogens (tertiary/aromatic N) is 1. The maximum Gasteiger partial charge on any atom is 0.267 e. The lowest BCUT2D eigenvalue weighted by Gasteiger charge is -2.01. The Morgan fingerprint density at radius 2 is 2.42 bits per heavy atom. The van der Waals surface area contributed by atoms with Crippen molar-refractivity contribution in [2.24, 2.45) is 7.05 Å². The topological polar surface area (TPSA) is 34.0 Å². The average molecular weight is 187 g/mol. The van der Waals surface area contributed by atoms with Crippen molar-refractivity contribution in [3.05, 3.63) is 23.0 Å². The number of carbonyl (C=O) groups excluding carboxylic acids is 1. The van der Waals surface area contributed by atoms with Crippen LogP contribution in [0.3, 0.4) is 0 Å². The van der Waals surface area contributed by atoms with E-state index >= 15 is 0 Å². The fourth-order valence-electron chi connectivity index (χ4n) is 1.00. The minimum atomic E-state index is -0.0908. The van der Waals surface area contributed by atoms with Crippen LogP contribution in [0.25, 0.3) is 0 Å². The summed E-state index contributed by atoms with van der Waals surface area (Å²) in [4.78, 5) is 11.3. The molecule has 1 rings (SSSR count). The molecule has 0 aliphatic rings. The van der Waals surface area contributed by atoms with E-state index in [1.165, 1.54) is 0 Å². The van der Waals surface area contributed by atoms with E-state index in [2.05, 4.69) is 5.32 Å². The number of nitrogens with one attached hydrogen (secondary N) is 1. The first-order valence-electron chi connectivity index (χ1n) is 3.75. The van der Waals surface area contributed by atoms with E-state index in [0.29, 0.717) is 17.3 Å². The van der Waals surface area contributed by atoms with Crippen LogP contribution in [-0.4, -0.2) is 17.0 Å². The van der Waals surface area contributed by atoms with Gasteiger partial charge in [0, 0.05) is 19.8 Å². The van der Waals surface area contributed by atoms with Crippen molar-refractivity contribution < 1.29 is 4.79 Å². The van der Waals surface area contributed by atoms with E-state index in [9.17, 15) is 4.79 Å². The Labute approximate surface area is 76.3 Å². The largest absolute Gasteiger partial charge is 0.351 e. The molecule has 3 nitrogen and oxygen atoms in total. The molecule has 0 radical (unpaired) electrons. The van der Waals surface area contributed by atoms with Crippen LogP contribution in [0.5, 0.6) is 0 Å². The minimum Gasteiger partial charge on any atom is -0.351 e. The van der Waals surface area contributed by atoms with E-state index in [1.807, 2.05) is 6.92 Å². The third-order valence-electron chi connectivity index (χ3n) is 1.54. The quantitative estimate of drug-likeness (QED) is 0.745. The summed E-state index contributed by atoms with van der Waals surface area (Å²) in [6, 6.07) is 1.65. The van der Waals surface area contributed by atoms with Gasteiger partial charge in [0.05, 0.1) is 5.02 Å². The molecule has 1 amide bonds. The third kappa shape index (κ3) is 1.80. The second kappa shape index (κ2) is 3.63. The minimum absolute atomic E-state index is 0.0908. The van der Waals surface area contributed by atoms with Crippen molar-refractivity contribution in [2.45, 2.75) is 6.92 Å². The van der Waals surface area contributed by atoms with Gasteiger partial charge in [-0.1, -0.05) is 11.6 Å². The molecule has 0 bridgehead atoms. The number of halogens is 1. The summed E-state index contributed by atoms with van der Waals surface area (Å²) in [7, 11) is 1.79. The van der Waals surface area contributed by atoms with Crippen molar-refractivity contribution in [3.63, 3.8) is 0 Å². The zero-order valence-electron chi connectivity index (χ0n) is 7.10. The molecule has 1 aromatic heterocycles. The van der Waals surface area contributed by atoms with Crippen molar-refractivity contribution in [1.29, 1.82) is 0 Å². The molecule has 0 saturated heterocycles. The van der Waals surface area contributed by atoms with E-state index in [-0.39, 0.29) is 5.91 Å². The molecular formula is C8H11ClN2O. The lowest BCUT2D eigenvalue weighted by atomic mass is 10.4. The van der Waals surface area contributed by atoms with Gasteiger partial charge >= 0.3 is 0 Å². The molecule has 12 heavy (non-hydrogen) atoms. The Hall–Kier alpha value is -0.960. The van der Waals surface area contributed by atoms with Crippen LogP contribution in [0.2, 0.25) is 5.02 Å². The van der Waals surface area contributed by atoms with Crippen molar-refractivity contribution in [1.82, 2.24) is 9.88 Å². The van der Waals surface area contributed by atoms with Crippen molar-refractivity contribution in [3.8, 4) is 0 Å². The van der Waals surface area contributed by atoms with Gasteiger partial charge in [-0.15, -0.1) is 0 Å². The monoisotopic (exact) mass is 186 g/mol. The molecule has 1 heterocycles. The van der Waals surface area contributed by atoms with Gasteiger partial charge < -0.3 is 9.88 Å². The third-order valence-corrected chi connectivity index (χ3v) is 1.75.